The Kier molecular flexibility index (Phi) is 4.14. The van der Waals surface area contributed by atoms with Crippen molar-refractivity contribution in [3.63, 3.8) is 0 Å². The van der Waals surface area contributed by atoms with Gasteiger partial charge in [-0.2, -0.15) is 13.2 Å². The normalized spacial score (nSPS) is 15.0. The van der Waals surface area contributed by atoms with Gasteiger partial charge in [-0.15, -0.1) is 0 Å². The smallest absolute Gasteiger partial charge is 0.321 e. The van der Waals surface area contributed by atoms with Gasteiger partial charge in [0.25, 0.3) is 5.91 Å². The Labute approximate surface area is 160 Å². The molecule has 1 N–H and O–H groups in total. The van der Waals surface area contributed by atoms with E-state index < -0.39 is 17.6 Å². The number of halogens is 3. The molecular weight excluding hydrogens is 365 g/mol. The molecule has 1 aromatic heterocycles. The molecule has 0 atom stereocenters. The van der Waals surface area contributed by atoms with Crippen LogP contribution in [0.5, 0.6) is 0 Å². The Morgan fingerprint density at radius 1 is 1.00 bits per heavy atom. The van der Waals surface area contributed by atoms with E-state index in [2.05, 4.69) is 9.88 Å². The fourth-order valence-corrected chi connectivity index (χ4v) is 3.58. The summed E-state index contributed by atoms with van der Waals surface area (Å²) in [5, 5.41) is 2.54. The van der Waals surface area contributed by atoms with Crippen LogP contribution in [0.15, 0.2) is 54.6 Å². The molecule has 2 aromatic carbocycles. The van der Waals surface area contributed by atoms with Crippen LogP contribution in [0.1, 0.15) is 28.1 Å². The lowest BCUT2D eigenvalue weighted by molar-refractivity contribution is -0.137. The van der Waals surface area contributed by atoms with Gasteiger partial charge in [-0.25, -0.2) is 0 Å². The number of aryl methyl sites for hydroxylation is 1. The first kappa shape index (κ1) is 18.1. The molecule has 3 aromatic rings. The molecule has 28 heavy (non-hydrogen) atoms. The number of fused-ring (bicyclic) bond motifs is 1. The van der Waals surface area contributed by atoms with E-state index in [9.17, 15) is 18.0 Å². The Balaban J connectivity index is 1.79. The minimum Gasteiger partial charge on any atom is -0.321 e. The first-order chi connectivity index (χ1) is 13.3. The molecule has 0 radical (unpaired) electrons. The molecule has 3 nitrogen and oxygen atoms in total. The number of carbonyl (C=O) groups is 1. The average Bonchev–Trinajstić information content (AvgIpc) is 3.10. The minimum absolute atomic E-state index is 0.183. The van der Waals surface area contributed by atoms with Gasteiger partial charge >= 0.3 is 6.18 Å². The second-order valence-corrected chi connectivity index (χ2v) is 6.77. The number of para-hydroxylation sites is 1. The second-order valence-electron chi connectivity index (χ2n) is 6.77. The lowest BCUT2D eigenvalue weighted by Gasteiger charge is -2.09. The molecule has 0 saturated carbocycles. The molecule has 142 valence electrons. The summed E-state index contributed by atoms with van der Waals surface area (Å²) in [6, 6.07) is 15.1. The number of aromatic nitrogens is 1. The molecule has 0 bridgehead atoms. The summed E-state index contributed by atoms with van der Waals surface area (Å²) in [7, 11) is 0. The van der Waals surface area contributed by atoms with Crippen LogP contribution in [0.3, 0.4) is 0 Å². The minimum atomic E-state index is -4.45. The van der Waals surface area contributed by atoms with Crippen LogP contribution in [0, 0.1) is 13.8 Å². The van der Waals surface area contributed by atoms with Gasteiger partial charge in [-0.3, -0.25) is 4.79 Å². The molecule has 0 spiro atoms. The highest BCUT2D eigenvalue weighted by atomic mass is 19.4. The van der Waals surface area contributed by atoms with Crippen LogP contribution in [0.2, 0.25) is 0 Å². The average molecular weight is 382 g/mol. The molecule has 0 fully saturated rings. The molecule has 0 aliphatic carbocycles. The van der Waals surface area contributed by atoms with Crippen molar-refractivity contribution in [3.05, 3.63) is 82.7 Å². The molecule has 4 rings (SSSR count). The van der Waals surface area contributed by atoms with Crippen LogP contribution < -0.4 is 5.32 Å². The Bertz CT molecular complexity index is 1110. The first-order valence-corrected chi connectivity index (χ1v) is 8.75. The van der Waals surface area contributed by atoms with E-state index in [0.29, 0.717) is 11.1 Å². The van der Waals surface area contributed by atoms with Crippen molar-refractivity contribution in [1.82, 2.24) is 4.57 Å². The topological polar surface area (TPSA) is 34.0 Å². The maximum absolute atomic E-state index is 12.9. The van der Waals surface area contributed by atoms with Crippen LogP contribution >= 0.6 is 0 Å². The summed E-state index contributed by atoms with van der Waals surface area (Å²) in [5.41, 5.74) is 4.04. The van der Waals surface area contributed by atoms with Crippen molar-refractivity contribution < 1.29 is 18.0 Å². The SMILES string of the molecule is Cc1cc(/C=C2/C(=O)Nc3cc(C(F)(F)F)ccc32)c(C)n1-c1ccccc1. The maximum atomic E-state index is 12.9. The quantitative estimate of drug-likeness (QED) is 0.575. The monoisotopic (exact) mass is 382 g/mol. The van der Waals surface area contributed by atoms with Gasteiger partial charge in [0.05, 0.1) is 5.56 Å². The number of nitrogens with one attached hydrogen (secondary N) is 1. The molecular formula is C22H17F3N2O. The van der Waals surface area contributed by atoms with E-state index in [-0.39, 0.29) is 5.69 Å². The molecule has 1 amide bonds. The molecule has 1 aliphatic heterocycles. The number of hydrogen-bond acceptors (Lipinski definition) is 1. The third kappa shape index (κ3) is 3.01. The Morgan fingerprint density at radius 2 is 1.71 bits per heavy atom. The highest BCUT2D eigenvalue weighted by Crippen LogP contribution is 2.38. The lowest BCUT2D eigenvalue weighted by atomic mass is 10.0. The zero-order chi connectivity index (χ0) is 20.1. The number of carbonyl (C=O) groups excluding carboxylic acids is 1. The van der Waals surface area contributed by atoms with E-state index in [1.807, 2.05) is 50.2 Å². The summed E-state index contributed by atoms with van der Waals surface area (Å²) < 4.78 is 40.9. The number of nitrogens with zero attached hydrogens (tertiary/aromatic N) is 1. The fraction of sp³-hybridized carbons (Fsp3) is 0.136. The van der Waals surface area contributed by atoms with Gasteiger partial charge in [-0.05, 0) is 55.8 Å². The lowest BCUT2D eigenvalue weighted by Crippen LogP contribution is -2.06. The van der Waals surface area contributed by atoms with Gasteiger partial charge in [0.15, 0.2) is 0 Å². The highest BCUT2D eigenvalue weighted by Gasteiger charge is 2.33. The van der Waals surface area contributed by atoms with E-state index in [4.69, 9.17) is 0 Å². The number of amides is 1. The van der Waals surface area contributed by atoms with E-state index >= 15 is 0 Å². The molecule has 2 heterocycles. The predicted octanol–water partition coefficient (Wildman–Crippen LogP) is 5.61. The molecule has 0 unspecified atom stereocenters. The van der Waals surface area contributed by atoms with Crippen LogP contribution in [-0.2, 0) is 11.0 Å². The van der Waals surface area contributed by atoms with Crippen LogP contribution in [0.25, 0.3) is 17.3 Å². The number of anilines is 1. The highest BCUT2D eigenvalue weighted by molar-refractivity contribution is 6.35. The number of benzene rings is 2. The summed E-state index contributed by atoms with van der Waals surface area (Å²) in [6.45, 7) is 3.92. The van der Waals surface area contributed by atoms with Crippen molar-refractivity contribution in [2.24, 2.45) is 0 Å². The summed E-state index contributed by atoms with van der Waals surface area (Å²) >= 11 is 0. The predicted molar refractivity (Wildman–Crippen MR) is 103 cm³/mol. The molecule has 0 saturated heterocycles. The zero-order valence-corrected chi connectivity index (χ0v) is 15.3. The van der Waals surface area contributed by atoms with Crippen molar-refractivity contribution in [3.8, 4) is 5.69 Å². The largest absolute Gasteiger partial charge is 0.416 e. The second kappa shape index (κ2) is 6.41. The van der Waals surface area contributed by atoms with Crippen molar-refractivity contribution >= 4 is 23.2 Å². The van der Waals surface area contributed by atoms with E-state index in [0.717, 1.165) is 34.8 Å². The van der Waals surface area contributed by atoms with Gasteiger partial charge in [-0.1, -0.05) is 24.3 Å². The first-order valence-electron chi connectivity index (χ1n) is 8.75. The number of alkyl halides is 3. The summed E-state index contributed by atoms with van der Waals surface area (Å²) in [5.74, 6) is -0.404. The van der Waals surface area contributed by atoms with E-state index in [1.165, 1.54) is 6.07 Å². The van der Waals surface area contributed by atoms with Crippen LogP contribution in [-0.4, -0.2) is 10.5 Å². The molecule has 6 heteroatoms. The third-order valence-electron chi connectivity index (χ3n) is 4.91. The van der Waals surface area contributed by atoms with Crippen molar-refractivity contribution in [2.75, 3.05) is 5.32 Å². The van der Waals surface area contributed by atoms with Crippen LogP contribution in [0.4, 0.5) is 18.9 Å². The van der Waals surface area contributed by atoms with Gasteiger partial charge in [0.1, 0.15) is 0 Å². The summed E-state index contributed by atoms with van der Waals surface area (Å²) in [4.78, 5) is 12.4. The zero-order valence-electron chi connectivity index (χ0n) is 15.3. The Morgan fingerprint density at radius 3 is 2.39 bits per heavy atom. The Hall–Kier alpha value is -3.28. The fourth-order valence-electron chi connectivity index (χ4n) is 3.58. The van der Waals surface area contributed by atoms with E-state index in [1.54, 1.807) is 6.08 Å². The third-order valence-corrected chi connectivity index (χ3v) is 4.91. The molecule has 1 aliphatic rings. The maximum Gasteiger partial charge on any atom is 0.416 e. The van der Waals surface area contributed by atoms with Gasteiger partial charge in [0, 0.05) is 33.9 Å². The number of rotatable bonds is 2. The van der Waals surface area contributed by atoms with Gasteiger partial charge in [0.2, 0.25) is 0 Å². The standard InChI is InChI=1S/C22H17F3N2O/c1-13-10-15(14(2)27(13)17-6-4-3-5-7-17)11-19-18-9-8-16(22(23,24)25)12-20(18)26-21(19)28/h3-12H,1-2H3,(H,26,28)/b19-11+. The van der Waals surface area contributed by atoms with Crippen molar-refractivity contribution in [1.29, 1.82) is 0 Å². The summed E-state index contributed by atoms with van der Waals surface area (Å²) in [6.07, 6.45) is -2.72. The van der Waals surface area contributed by atoms with Crippen molar-refractivity contribution in [2.45, 2.75) is 20.0 Å². The van der Waals surface area contributed by atoms with Gasteiger partial charge < -0.3 is 9.88 Å². The number of hydrogen-bond donors (Lipinski definition) is 1.